The summed E-state index contributed by atoms with van der Waals surface area (Å²) in [5.74, 6) is -0.114. The summed E-state index contributed by atoms with van der Waals surface area (Å²) in [7, 11) is 1.60. The van der Waals surface area contributed by atoms with Gasteiger partial charge in [0.2, 0.25) is 0 Å². The van der Waals surface area contributed by atoms with Crippen LogP contribution in [0.15, 0.2) is 42.7 Å². The van der Waals surface area contributed by atoms with Crippen molar-refractivity contribution in [3.63, 3.8) is 0 Å². The number of carbonyl (C=O) groups is 1. The second kappa shape index (κ2) is 8.65. The lowest BCUT2D eigenvalue weighted by Gasteiger charge is -2.24. The van der Waals surface area contributed by atoms with Gasteiger partial charge >= 0.3 is 6.18 Å². The van der Waals surface area contributed by atoms with Crippen molar-refractivity contribution in [2.75, 3.05) is 7.05 Å². The molecule has 1 aliphatic carbocycles. The highest BCUT2D eigenvalue weighted by molar-refractivity contribution is 6.00. The Hall–Kier alpha value is -3.16. The van der Waals surface area contributed by atoms with E-state index in [1.54, 1.807) is 43.6 Å². The molecule has 0 radical (unpaired) electrons. The molecule has 174 valence electrons. The number of carbonyl (C=O) groups excluding carboxylic acids is 1. The molecule has 0 aliphatic heterocycles. The molecular formula is C25H27F3N4O. The van der Waals surface area contributed by atoms with E-state index in [1.807, 2.05) is 13.8 Å². The van der Waals surface area contributed by atoms with Crippen LogP contribution >= 0.6 is 0 Å². The van der Waals surface area contributed by atoms with Gasteiger partial charge in [-0.05, 0) is 44.7 Å². The van der Waals surface area contributed by atoms with E-state index in [4.69, 9.17) is 0 Å². The van der Waals surface area contributed by atoms with Crippen molar-refractivity contribution >= 4 is 5.91 Å². The number of alkyl halides is 3. The third-order valence-electron chi connectivity index (χ3n) is 6.18. The van der Waals surface area contributed by atoms with Crippen LogP contribution in [-0.2, 0) is 12.7 Å². The monoisotopic (exact) mass is 456 g/mol. The van der Waals surface area contributed by atoms with E-state index in [1.165, 1.54) is 18.0 Å². The van der Waals surface area contributed by atoms with E-state index in [9.17, 15) is 18.0 Å². The molecule has 1 saturated carbocycles. The number of benzene rings is 1. The van der Waals surface area contributed by atoms with Crippen LogP contribution < -0.4 is 0 Å². The minimum absolute atomic E-state index is 0.0200. The Bertz CT molecular complexity index is 1150. The number of hydrogen-bond donors (Lipinski definition) is 0. The third kappa shape index (κ3) is 4.51. The molecular weight excluding hydrogens is 429 g/mol. The Labute approximate surface area is 191 Å². The highest BCUT2D eigenvalue weighted by atomic mass is 19.4. The van der Waals surface area contributed by atoms with Gasteiger partial charge in [0.15, 0.2) is 0 Å². The van der Waals surface area contributed by atoms with Crippen molar-refractivity contribution in [2.24, 2.45) is 0 Å². The zero-order valence-corrected chi connectivity index (χ0v) is 19.1. The molecule has 2 heterocycles. The zero-order chi connectivity index (χ0) is 23.9. The van der Waals surface area contributed by atoms with Crippen LogP contribution in [0.1, 0.15) is 65.6 Å². The van der Waals surface area contributed by atoms with Gasteiger partial charge in [-0.15, -0.1) is 0 Å². The van der Waals surface area contributed by atoms with Crippen molar-refractivity contribution in [1.82, 2.24) is 19.4 Å². The first-order chi connectivity index (χ1) is 15.6. The van der Waals surface area contributed by atoms with E-state index in [2.05, 4.69) is 9.97 Å². The number of nitrogens with zero attached hydrogens (tertiary/aromatic N) is 4. The molecule has 33 heavy (non-hydrogen) atoms. The molecule has 3 aromatic rings. The summed E-state index contributed by atoms with van der Waals surface area (Å²) < 4.78 is 44.1. The Kier molecular flexibility index (Phi) is 6.03. The fourth-order valence-electron chi connectivity index (χ4n) is 4.03. The maximum Gasteiger partial charge on any atom is 0.431 e. The van der Waals surface area contributed by atoms with Crippen LogP contribution in [0.5, 0.6) is 0 Å². The fourth-order valence-corrected chi connectivity index (χ4v) is 4.03. The number of hydrogen-bond acceptors (Lipinski definition) is 3. The molecule has 4 rings (SSSR count). The predicted molar refractivity (Wildman–Crippen MR) is 120 cm³/mol. The molecule has 0 atom stereocenters. The maximum absolute atomic E-state index is 14.3. The normalized spacial score (nSPS) is 14.1. The van der Waals surface area contributed by atoms with E-state index in [0.717, 1.165) is 23.1 Å². The van der Waals surface area contributed by atoms with Crippen LogP contribution in [0.4, 0.5) is 13.2 Å². The lowest BCUT2D eigenvalue weighted by atomic mass is 10.1. The van der Waals surface area contributed by atoms with Gasteiger partial charge in [-0.25, -0.2) is 0 Å². The van der Waals surface area contributed by atoms with Crippen LogP contribution in [0, 0.1) is 6.92 Å². The largest absolute Gasteiger partial charge is 0.431 e. The SMILES string of the molecule is Cc1c(-c2cnc(C3CC3)cn2)c(C(=O)N(C)C(C)C)n(Cc2ccccc2)c1C(F)(F)F. The molecule has 5 nitrogen and oxygen atoms in total. The Balaban J connectivity index is 1.96. The van der Waals surface area contributed by atoms with E-state index < -0.39 is 17.8 Å². The molecule has 0 spiro atoms. The Morgan fingerprint density at radius 1 is 1.15 bits per heavy atom. The average molecular weight is 457 g/mol. The van der Waals surface area contributed by atoms with E-state index in [0.29, 0.717) is 11.5 Å². The summed E-state index contributed by atoms with van der Waals surface area (Å²) in [5.41, 5.74) is 1.08. The molecule has 0 unspecified atom stereocenters. The number of amides is 1. The molecule has 1 amide bonds. The fraction of sp³-hybridized carbons (Fsp3) is 0.400. The molecule has 0 saturated heterocycles. The van der Waals surface area contributed by atoms with Crippen molar-refractivity contribution in [1.29, 1.82) is 0 Å². The van der Waals surface area contributed by atoms with Gasteiger partial charge in [-0.3, -0.25) is 14.8 Å². The number of halogens is 3. The first-order valence-corrected chi connectivity index (χ1v) is 11.0. The smallest absolute Gasteiger partial charge is 0.338 e. The molecule has 2 aromatic heterocycles. The molecule has 8 heteroatoms. The summed E-state index contributed by atoms with van der Waals surface area (Å²) >= 11 is 0. The standard InChI is InChI=1S/C25H27F3N4O/c1-15(2)31(4)24(33)22-21(20-13-29-19(12-30-20)18-10-11-18)16(3)23(25(26,27)28)32(22)14-17-8-6-5-7-9-17/h5-9,12-13,15,18H,10-11,14H2,1-4H3. The predicted octanol–water partition coefficient (Wildman–Crippen LogP) is 5.68. The lowest BCUT2D eigenvalue weighted by Crippen LogP contribution is -2.35. The molecule has 1 fully saturated rings. The van der Waals surface area contributed by atoms with Crippen LogP contribution in [0.2, 0.25) is 0 Å². The molecule has 1 aliphatic rings. The second-order valence-electron chi connectivity index (χ2n) is 8.88. The topological polar surface area (TPSA) is 51.0 Å². The third-order valence-corrected chi connectivity index (χ3v) is 6.18. The van der Waals surface area contributed by atoms with Crippen molar-refractivity contribution in [3.05, 3.63) is 70.9 Å². The average Bonchev–Trinajstić information content (AvgIpc) is 3.57. The van der Waals surface area contributed by atoms with E-state index >= 15 is 0 Å². The first-order valence-electron chi connectivity index (χ1n) is 11.0. The van der Waals surface area contributed by atoms with Crippen LogP contribution in [0.3, 0.4) is 0 Å². The summed E-state index contributed by atoms with van der Waals surface area (Å²) in [6, 6.07) is 8.65. The summed E-state index contributed by atoms with van der Waals surface area (Å²) in [5, 5.41) is 0. The highest BCUT2D eigenvalue weighted by Gasteiger charge is 2.42. The van der Waals surface area contributed by atoms with Crippen molar-refractivity contribution in [2.45, 2.75) is 58.3 Å². The zero-order valence-electron chi connectivity index (χ0n) is 19.1. The molecule has 0 bridgehead atoms. The lowest BCUT2D eigenvalue weighted by molar-refractivity contribution is -0.143. The van der Waals surface area contributed by atoms with Crippen molar-refractivity contribution < 1.29 is 18.0 Å². The Morgan fingerprint density at radius 2 is 1.82 bits per heavy atom. The minimum Gasteiger partial charge on any atom is -0.338 e. The van der Waals surface area contributed by atoms with Crippen LogP contribution in [-0.4, -0.2) is 38.4 Å². The second-order valence-corrected chi connectivity index (χ2v) is 8.88. The van der Waals surface area contributed by atoms with Gasteiger partial charge in [0.05, 0.1) is 17.6 Å². The van der Waals surface area contributed by atoms with Crippen LogP contribution in [0.25, 0.3) is 11.3 Å². The summed E-state index contributed by atoms with van der Waals surface area (Å²) in [6.07, 6.45) is 0.553. The number of aromatic nitrogens is 3. The quantitative estimate of drug-likeness (QED) is 0.480. The van der Waals surface area contributed by atoms with Crippen molar-refractivity contribution in [3.8, 4) is 11.3 Å². The van der Waals surface area contributed by atoms with Gasteiger partial charge in [-0.2, -0.15) is 13.2 Å². The van der Waals surface area contributed by atoms with Gasteiger partial charge in [0.25, 0.3) is 5.91 Å². The summed E-state index contributed by atoms with van der Waals surface area (Å²) in [6.45, 7) is 4.97. The van der Waals surface area contributed by atoms with Gasteiger partial charge in [0.1, 0.15) is 11.4 Å². The molecule has 1 aromatic carbocycles. The summed E-state index contributed by atoms with van der Waals surface area (Å²) in [4.78, 5) is 23.9. The first kappa shape index (κ1) is 23.0. The number of rotatable bonds is 6. The van der Waals surface area contributed by atoms with Gasteiger partial charge < -0.3 is 9.47 Å². The van der Waals surface area contributed by atoms with E-state index in [-0.39, 0.29) is 35.1 Å². The maximum atomic E-state index is 14.3. The Morgan fingerprint density at radius 3 is 2.33 bits per heavy atom. The van der Waals surface area contributed by atoms with Gasteiger partial charge in [0, 0.05) is 37.3 Å². The minimum atomic E-state index is -4.65. The molecule has 0 N–H and O–H groups in total. The highest BCUT2D eigenvalue weighted by Crippen LogP contribution is 2.42. The van der Waals surface area contributed by atoms with Gasteiger partial charge in [-0.1, -0.05) is 30.3 Å².